The van der Waals surface area contributed by atoms with Crippen molar-refractivity contribution in [1.29, 1.82) is 0 Å². The van der Waals surface area contributed by atoms with Crippen LogP contribution in [0, 0.1) is 0 Å². The van der Waals surface area contributed by atoms with Crippen LogP contribution in [0.5, 0.6) is 0 Å². The summed E-state index contributed by atoms with van der Waals surface area (Å²) in [7, 11) is -3.79. The van der Waals surface area contributed by atoms with Crippen LogP contribution < -0.4 is 5.14 Å². The van der Waals surface area contributed by atoms with Gasteiger partial charge < -0.3 is 0 Å². The van der Waals surface area contributed by atoms with Crippen molar-refractivity contribution in [2.45, 2.75) is 18.2 Å². The second kappa shape index (κ2) is 4.30. The second-order valence-electron chi connectivity index (χ2n) is 2.99. The molecule has 82 valence electrons. The van der Waals surface area contributed by atoms with Crippen molar-refractivity contribution in [2.24, 2.45) is 5.14 Å². The molecule has 0 heterocycles. The summed E-state index contributed by atoms with van der Waals surface area (Å²) >= 11 is 5.33. The number of sulfonamides is 1. The Bertz CT molecular complexity index is 496. The number of primary sulfonamides is 1. The van der Waals surface area contributed by atoms with Crippen LogP contribution in [0.4, 0.5) is 0 Å². The molecule has 4 nitrogen and oxygen atoms in total. The maximum absolute atomic E-state index is 11.0. The lowest BCUT2D eigenvalue weighted by Crippen LogP contribution is -2.13. The SMILES string of the molecule is CCc1ccc(S(N)(=O)=O)cc1C(=O)Cl. The summed E-state index contributed by atoms with van der Waals surface area (Å²) < 4.78 is 22.1. The average Bonchev–Trinajstić information content (AvgIpc) is 2.15. The third kappa shape index (κ3) is 2.77. The predicted octanol–water partition coefficient (Wildman–Crippen LogP) is 1.28. The highest BCUT2D eigenvalue weighted by Gasteiger charge is 2.14. The number of carbonyl (C=O) groups is 1. The molecule has 1 aromatic rings. The number of hydrogen-bond acceptors (Lipinski definition) is 3. The van der Waals surface area contributed by atoms with Crippen LogP contribution in [-0.4, -0.2) is 13.7 Å². The third-order valence-electron chi connectivity index (χ3n) is 2.00. The van der Waals surface area contributed by atoms with Gasteiger partial charge >= 0.3 is 0 Å². The second-order valence-corrected chi connectivity index (χ2v) is 4.90. The van der Waals surface area contributed by atoms with Crippen molar-refractivity contribution in [1.82, 2.24) is 0 Å². The van der Waals surface area contributed by atoms with Crippen LogP contribution in [0.25, 0.3) is 0 Å². The summed E-state index contributed by atoms with van der Waals surface area (Å²) in [6, 6.07) is 4.09. The molecule has 0 atom stereocenters. The Labute approximate surface area is 93.1 Å². The quantitative estimate of drug-likeness (QED) is 0.818. The minimum absolute atomic E-state index is 0.108. The van der Waals surface area contributed by atoms with E-state index in [4.69, 9.17) is 16.7 Å². The monoisotopic (exact) mass is 247 g/mol. The Morgan fingerprint density at radius 3 is 2.47 bits per heavy atom. The molecule has 0 spiro atoms. The molecular formula is C9H10ClNO3S. The number of benzene rings is 1. The number of aryl methyl sites for hydroxylation is 1. The van der Waals surface area contributed by atoms with E-state index < -0.39 is 15.3 Å². The van der Waals surface area contributed by atoms with Gasteiger partial charge in [0.2, 0.25) is 10.0 Å². The Balaban J connectivity index is 3.42. The highest BCUT2D eigenvalue weighted by Crippen LogP contribution is 2.17. The lowest BCUT2D eigenvalue weighted by Gasteiger charge is -2.05. The molecule has 0 aromatic heterocycles. The van der Waals surface area contributed by atoms with Crippen LogP contribution in [0.1, 0.15) is 22.8 Å². The molecule has 0 unspecified atom stereocenters. The third-order valence-corrected chi connectivity index (χ3v) is 3.12. The topological polar surface area (TPSA) is 77.2 Å². The normalized spacial score (nSPS) is 11.4. The molecule has 0 saturated heterocycles. The van der Waals surface area contributed by atoms with E-state index in [1.54, 1.807) is 0 Å². The first-order chi connectivity index (χ1) is 6.86. The van der Waals surface area contributed by atoms with Crippen molar-refractivity contribution in [2.75, 3.05) is 0 Å². The maximum Gasteiger partial charge on any atom is 0.252 e. The number of halogens is 1. The number of hydrogen-bond donors (Lipinski definition) is 1. The number of carbonyl (C=O) groups excluding carboxylic acids is 1. The first-order valence-electron chi connectivity index (χ1n) is 4.21. The van der Waals surface area contributed by atoms with E-state index in [0.717, 1.165) is 0 Å². The molecule has 0 aliphatic carbocycles. The maximum atomic E-state index is 11.0. The fourth-order valence-electron chi connectivity index (χ4n) is 1.22. The van der Waals surface area contributed by atoms with Gasteiger partial charge in [0.15, 0.2) is 0 Å². The van der Waals surface area contributed by atoms with Crippen molar-refractivity contribution < 1.29 is 13.2 Å². The van der Waals surface area contributed by atoms with Crippen molar-refractivity contribution in [3.05, 3.63) is 29.3 Å². The number of rotatable bonds is 3. The van der Waals surface area contributed by atoms with Gasteiger partial charge in [-0.25, -0.2) is 13.6 Å². The molecule has 0 bridgehead atoms. The van der Waals surface area contributed by atoms with Crippen LogP contribution in [0.3, 0.4) is 0 Å². The largest absolute Gasteiger partial charge is 0.276 e. The molecule has 1 aromatic carbocycles. The van der Waals surface area contributed by atoms with E-state index in [0.29, 0.717) is 12.0 Å². The zero-order valence-electron chi connectivity index (χ0n) is 8.03. The van der Waals surface area contributed by atoms with E-state index in [2.05, 4.69) is 0 Å². The minimum atomic E-state index is -3.79. The van der Waals surface area contributed by atoms with Gasteiger partial charge in [0.1, 0.15) is 0 Å². The highest BCUT2D eigenvalue weighted by atomic mass is 35.5. The van der Waals surface area contributed by atoms with Crippen LogP contribution in [0.2, 0.25) is 0 Å². The Morgan fingerprint density at radius 1 is 1.47 bits per heavy atom. The molecule has 6 heteroatoms. The van der Waals surface area contributed by atoms with Gasteiger partial charge in [0.05, 0.1) is 4.90 Å². The molecule has 0 amide bonds. The highest BCUT2D eigenvalue weighted by molar-refractivity contribution is 7.89. The van der Waals surface area contributed by atoms with Crippen LogP contribution >= 0.6 is 11.6 Å². The summed E-state index contributed by atoms with van der Waals surface area (Å²) in [5, 5.41) is 4.25. The fraction of sp³-hybridized carbons (Fsp3) is 0.222. The van der Waals surface area contributed by atoms with Gasteiger partial charge in [-0.15, -0.1) is 0 Å². The molecule has 0 saturated carbocycles. The lowest BCUT2D eigenvalue weighted by atomic mass is 10.1. The van der Waals surface area contributed by atoms with Crippen molar-refractivity contribution in [3.63, 3.8) is 0 Å². The van der Waals surface area contributed by atoms with Gasteiger partial charge in [-0.3, -0.25) is 4.79 Å². The molecule has 15 heavy (non-hydrogen) atoms. The first-order valence-corrected chi connectivity index (χ1v) is 6.14. The fourth-order valence-corrected chi connectivity index (χ4v) is 1.94. The molecular weight excluding hydrogens is 238 g/mol. The zero-order valence-corrected chi connectivity index (χ0v) is 9.60. The first kappa shape index (κ1) is 12.2. The molecule has 2 N–H and O–H groups in total. The van der Waals surface area contributed by atoms with Gasteiger partial charge in [-0.05, 0) is 35.7 Å². The smallest absolute Gasteiger partial charge is 0.252 e. The van der Waals surface area contributed by atoms with E-state index in [1.165, 1.54) is 18.2 Å². The summed E-state index contributed by atoms with van der Waals surface area (Å²) in [6.07, 6.45) is 0.596. The molecule has 1 rings (SSSR count). The lowest BCUT2D eigenvalue weighted by molar-refractivity contribution is 0.108. The van der Waals surface area contributed by atoms with Crippen molar-refractivity contribution in [3.8, 4) is 0 Å². The van der Waals surface area contributed by atoms with Crippen LogP contribution in [-0.2, 0) is 16.4 Å². The molecule has 0 radical (unpaired) electrons. The van der Waals surface area contributed by atoms with Crippen LogP contribution in [0.15, 0.2) is 23.1 Å². The number of nitrogens with two attached hydrogens (primary N) is 1. The van der Waals surface area contributed by atoms with Crippen molar-refractivity contribution >= 4 is 26.9 Å². The zero-order chi connectivity index (χ0) is 11.6. The van der Waals surface area contributed by atoms with E-state index in [1.807, 2.05) is 6.92 Å². The molecule has 0 aliphatic rings. The van der Waals surface area contributed by atoms with E-state index in [-0.39, 0.29) is 10.5 Å². The predicted molar refractivity (Wildman–Crippen MR) is 57.4 cm³/mol. The summed E-state index contributed by atoms with van der Waals surface area (Å²) in [5.41, 5.74) is 0.882. The summed E-state index contributed by atoms with van der Waals surface area (Å²) in [5.74, 6) is 0. The minimum Gasteiger partial charge on any atom is -0.276 e. The average molecular weight is 248 g/mol. The molecule has 0 aliphatic heterocycles. The molecule has 0 fully saturated rings. The van der Waals surface area contributed by atoms with Gasteiger partial charge in [-0.1, -0.05) is 13.0 Å². The van der Waals surface area contributed by atoms with Gasteiger partial charge in [0.25, 0.3) is 5.24 Å². The Morgan fingerprint density at radius 2 is 2.07 bits per heavy atom. The van der Waals surface area contributed by atoms with Gasteiger partial charge in [0, 0.05) is 5.56 Å². The summed E-state index contributed by atoms with van der Waals surface area (Å²) in [4.78, 5) is 10.9. The van der Waals surface area contributed by atoms with Gasteiger partial charge in [-0.2, -0.15) is 0 Å². The Hall–Kier alpha value is -0.910. The Kier molecular flexibility index (Phi) is 3.49. The standard InChI is InChI=1S/C9H10ClNO3S/c1-2-6-3-4-7(15(11,13)14)5-8(6)9(10)12/h3-5H,2H2,1H3,(H2,11,13,14). The summed E-state index contributed by atoms with van der Waals surface area (Å²) in [6.45, 7) is 1.84. The van der Waals surface area contributed by atoms with E-state index >= 15 is 0 Å². The van der Waals surface area contributed by atoms with E-state index in [9.17, 15) is 13.2 Å².